The van der Waals surface area contributed by atoms with Gasteiger partial charge in [-0.2, -0.15) is 0 Å². The fourth-order valence-corrected chi connectivity index (χ4v) is 6.55. The third kappa shape index (κ3) is 14.0. The summed E-state index contributed by atoms with van der Waals surface area (Å²) in [6.45, 7) is 11.9. The van der Waals surface area contributed by atoms with Gasteiger partial charge in [-0.3, -0.25) is 14.4 Å². The van der Waals surface area contributed by atoms with Gasteiger partial charge in [0.05, 0.1) is 36.4 Å². The van der Waals surface area contributed by atoms with Crippen LogP contribution in [0.25, 0.3) is 0 Å². The molecule has 0 amide bonds. The van der Waals surface area contributed by atoms with Gasteiger partial charge in [-0.15, -0.1) is 0 Å². The fraction of sp³-hybridized carbons (Fsp3) is 0.615. The molecule has 298 valence electrons. The standard InChI is InChI=1S/C38H55F2NO9.CH2O2/c1-9-30(47-8)24(4)34-35(50-34)36(41-21-26-13-14-28(39)29(40)19-26)38(7,46)17-10-11-22(2)33-23(3)12-15-31(48-25(5)42)37(6,45)18-16-27(43)20-32(44)49-33;2-1-3/h10-15,17,19,23-24,27,30-31,33-36,41,43,45-46H,9,16,18,20-21H2,1-8H3;1H,(H,2,3)/b15-12+,17-10+,22-11+;/t23-,24+,27+,30-,31-,33-,34+,35-,36?,37+,38?;/m0./s1. The van der Waals surface area contributed by atoms with Gasteiger partial charge in [0, 0.05) is 32.4 Å². The van der Waals surface area contributed by atoms with Gasteiger partial charge < -0.3 is 44.7 Å². The number of carboxylic acid groups (broad SMARTS) is 1. The number of aliphatic hydroxyl groups excluding tert-OH is 1. The van der Waals surface area contributed by atoms with Crippen molar-refractivity contribution in [3.63, 3.8) is 0 Å². The van der Waals surface area contributed by atoms with Gasteiger partial charge in [-0.05, 0) is 69.4 Å². The zero-order valence-corrected chi connectivity index (χ0v) is 31.8. The number of cyclic esters (lactones) is 1. The van der Waals surface area contributed by atoms with Gasteiger partial charge in [0.1, 0.15) is 23.9 Å². The van der Waals surface area contributed by atoms with Gasteiger partial charge >= 0.3 is 11.9 Å². The number of esters is 2. The van der Waals surface area contributed by atoms with Crippen molar-refractivity contribution in [3.8, 4) is 0 Å². The Morgan fingerprint density at radius 2 is 1.87 bits per heavy atom. The Balaban J connectivity index is 0.00000313. The molecule has 0 saturated carbocycles. The summed E-state index contributed by atoms with van der Waals surface area (Å²) < 4.78 is 50.4. The van der Waals surface area contributed by atoms with E-state index in [1.807, 2.05) is 13.8 Å². The number of benzene rings is 1. The van der Waals surface area contributed by atoms with Crippen molar-refractivity contribution < 1.29 is 62.5 Å². The van der Waals surface area contributed by atoms with Crippen molar-refractivity contribution in [2.45, 2.75) is 135 Å². The van der Waals surface area contributed by atoms with Crippen LogP contribution in [0.5, 0.6) is 0 Å². The molecule has 0 radical (unpaired) electrons. The van der Waals surface area contributed by atoms with Gasteiger partial charge in [0.25, 0.3) is 6.47 Å². The Kier molecular flexibility index (Phi) is 17.9. The van der Waals surface area contributed by atoms with Crippen LogP contribution in [-0.4, -0.2) is 99.8 Å². The van der Waals surface area contributed by atoms with Crippen molar-refractivity contribution in [3.05, 3.63) is 71.4 Å². The number of carbonyl (C=O) groups is 3. The SMILES string of the molecule is CC[C@H](OC)[C@@H](C)[C@H]1O[C@@H]1C(NCc1ccc(F)c(F)c1)C(C)(O)/C=C/C=C(\C)[C@@H]1OC(=O)C[C@H](O)CC[C@@](C)(O)[C@@H](OC(C)=O)/C=C/[C@@H]1C.O=CO. The number of hydrogen-bond donors (Lipinski definition) is 5. The highest BCUT2D eigenvalue weighted by Gasteiger charge is 2.54. The summed E-state index contributed by atoms with van der Waals surface area (Å²) in [5.41, 5.74) is -1.87. The molecule has 1 fully saturated rings. The Bertz CT molecular complexity index is 1440. The predicted molar refractivity (Wildman–Crippen MR) is 192 cm³/mol. The number of aliphatic hydroxyl groups is 3. The molecule has 0 bridgehead atoms. The zero-order valence-electron chi connectivity index (χ0n) is 31.8. The number of hydrogen-bond acceptors (Lipinski definition) is 11. The lowest BCUT2D eigenvalue weighted by Gasteiger charge is -2.32. The molecule has 5 N–H and O–H groups in total. The van der Waals surface area contributed by atoms with E-state index in [1.54, 1.807) is 58.3 Å². The minimum atomic E-state index is -1.50. The molecule has 1 saturated heterocycles. The number of methoxy groups -OCH3 is 1. The lowest BCUT2D eigenvalue weighted by molar-refractivity contribution is -0.157. The molecule has 2 unspecified atom stereocenters. The minimum Gasteiger partial charge on any atom is -0.483 e. The number of halogens is 2. The number of allylic oxidation sites excluding steroid dienone is 2. The largest absolute Gasteiger partial charge is 0.483 e. The smallest absolute Gasteiger partial charge is 0.309 e. The van der Waals surface area contributed by atoms with E-state index in [1.165, 1.54) is 19.9 Å². The maximum Gasteiger partial charge on any atom is 0.309 e. The van der Waals surface area contributed by atoms with Crippen molar-refractivity contribution in [1.82, 2.24) is 5.32 Å². The zero-order chi connectivity index (χ0) is 40.1. The summed E-state index contributed by atoms with van der Waals surface area (Å²) >= 11 is 0. The maximum atomic E-state index is 14.0. The average molecular weight is 754 g/mol. The molecule has 53 heavy (non-hydrogen) atoms. The van der Waals surface area contributed by atoms with E-state index in [0.717, 1.165) is 18.6 Å². The van der Waals surface area contributed by atoms with Crippen molar-refractivity contribution in [2.24, 2.45) is 11.8 Å². The van der Waals surface area contributed by atoms with E-state index in [2.05, 4.69) is 5.32 Å². The normalized spacial score (nSPS) is 30.2. The topological polar surface area (TPSA) is 184 Å². The molecule has 2 aliphatic heterocycles. The highest BCUT2D eigenvalue weighted by molar-refractivity contribution is 5.70. The minimum absolute atomic E-state index is 0.0254. The second-order valence-electron chi connectivity index (χ2n) is 14.3. The summed E-state index contributed by atoms with van der Waals surface area (Å²) in [5.74, 6) is -3.51. The van der Waals surface area contributed by atoms with Gasteiger partial charge in [0.15, 0.2) is 11.6 Å². The molecular formula is C39H57F2NO11. The van der Waals surface area contributed by atoms with Gasteiger partial charge in [0.2, 0.25) is 0 Å². The first-order valence-corrected chi connectivity index (χ1v) is 17.8. The third-order valence-corrected chi connectivity index (χ3v) is 9.70. The Morgan fingerprint density at radius 3 is 2.45 bits per heavy atom. The highest BCUT2D eigenvalue weighted by Crippen LogP contribution is 2.39. The van der Waals surface area contributed by atoms with Crippen molar-refractivity contribution in [1.29, 1.82) is 0 Å². The number of epoxide rings is 1. The first kappa shape index (κ1) is 45.6. The van der Waals surface area contributed by atoms with E-state index in [-0.39, 0.29) is 50.4 Å². The van der Waals surface area contributed by atoms with Crippen molar-refractivity contribution in [2.75, 3.05) is 7.11 Å². The lowest BCUT2D eigenvalue weighted by atomic mass is 9.87. The Hall–Kier alpha value is -3.53. The molecule has 11 atom stereocenters. The van der Waals surface area contributed by atoms with Crippen molar-refractivity contribution >= 4 is 18.4 Å². The molecule has 3 rings (SSSR count). The molecule has 12 nitrogen and oxygen atoms in total. The summed E-state index contributed by atoms with van der Waals surface area (Å²) in [7, 11) is 1.65. The molecule has 2 heterocycles. The molecular weight excluding hydrogens is 696 g/mol. The van der Waals surface area contributed by atoms with E-state index in [9.17, 15) is 33.7 Å². The number of nitrogens with one attached hydrogen (secondary N) is 1. The predicted octanol–water partition coefficient (Wildman–Crippen LogP) is 4.54. The number of carbonyl (C=O) groups excluding carboxylic acids is 2. The van der Waals surface area contributed by atoms with E-state index < -0.39 is 71.2 Å². The molecule has 0 spiro atoms. The molecule has 1 aromatic carbocycles. The second kappa shape index (κ2) is 20.8. The molecule has 0 aliphatic carbocycles. The van der Waals surface area contributed by atoms with Gasteiger partial charge in [-0.1, -0.05) is 51.1 Å². The first-order valence-electron chi connectivity index (χ1n) is 17.8. The maximum absolute atomic E-state index is 14.0. The van der Waals surface area contributed by atoms with Crippen LogP contribution in [0.2, 0.25) is 0 Å². The van der Waals surface area contributed by atoms with Crippen LogP contribution in [0.1, 0.15) is 79.7 Å². The summed E-state index contributed by atoms with van der Waals surface area (Å²) in [6, 6.07) is 2.98. The summed E-state index contributed by atoms with van der Waals surface area (Å²) in [6.07, 6.45) is 5.35. The number of ether oxygens (including phenoxy) is 4. The Morgan fingerprint density at radius 1 is 1.21 bits per heavy atom. The van der Waals surface area contributed by atoms with Gasteiger partial charge in [-0.25, -0.2) is 8.78 Å². The van der Waals surface area contributed by atoms with Crippen LogP contribution in [0.15, 0.2) is 54.2 Å². The van der Waals surface area contributed by atoms with Crippen LogP contribution in [0.3, 0.4) is 0 Å². The first-order chi connectivity index (χ1) is 24.8. The van der Waals surface area contributed by atoms with Crippen LogP contribution >= 0.6 is 0 Å². The third-order valence-electron chi connectivity index (χ3n) is 9.70. The quantitative estimate of drug-likeness (QED) is 0.0625. The van der Waals surface area contributed by atoms with E-state index >= 15 is 0 Å². The van der Waals surface area contributed by atoms with E-state index in [4.69, 9.17) is 28.8 Å². The molecule has 1 aromatic rings. The average Bonchev–Trinajstić information content (AvgIpc) is 3.86. The summed E-state index contributed by atoms with van der Waals surface area (Å²) in [5, 5.41) is 43.5. The van der Waals surface area contributed by atoms with Crippen LogP contribution in [0, 0.1) is 23.5 Å². The van der Waals surface area contributed by atoms with Crippen LogP contribution in [-0.2, 0) is 39.9 Å². The lowest BCUT2D eigenvalue weighted by Crippen LogP contribution is -2.52. The number of rotatable bonds is 13. The molecule has 2 aliphatic rings. The van der Waals surface area contributed by atoms with Crippen LogP contribution in [0.4, 0.5) is 8.78 Å². The summed E-state index contributed by atoms with van der Waals surface area (Å²) in [4.78, 5) is 33.0. The molecule has 0 aromatic heterocycles. The fourth-order valence-electron chi connectivity index (χ4n) is 6.55. The van der Waals surface area contributed by atoms with E-state index in [0.29, 0.717) is 11.1 Å². The second-order valence-corrected chi connectivity index (χ2v) is 14.3. The monoisotopic (exact) mass is 753 g/mol. The van der Waals surface area contributed by atoms with Crippen LogP contribution < -0.4 is 5.32 Å². The molecule has 14 heteroatoms. The Labute approximate surface area is 310 Å². The highest BCUT2D eigenvalue weighted by atomic mass is 19.2.